The van der Waals surface area contributed by atoms with Crippen molar-refractivity contribution in [2.24, 2.45) is 5.92 Å². The zero-order chi connectivity index (χ0) is 20.4. The van der Waals surface area contributed by atoms with Gasteiger partial charge in [-0.2, -0.15) is 5.26 Å². The van der Waals surface area contributed by atoms with Crippen molar-refractivity contribution in [2.75, 3.05) is 6.61 Å². The molecule has 0 radical (unpaired) electrons. The van der Waals surface area contributed by atoms with Crippen LogP contribution in [0.25, 0.3) is 10.9 Å². The topological polar surface area (TPSA) is 92.1 Å². The number of nitrogens with zero attached hydrogens (tertiary/aromatic N) is 2. The fraction of sp³-hybridized carbons (Fsp3) is 0.478. The molecule has 6 nitrogen and oxygen atoms in total. The van der Waals surface area contributed by atoms with Crippen LogP contribution < -0.4 is 5.32 Å². The zero-order valence-corrected chi connectivity index (χ0v) is 16.7. The van der Waals surface area contributed by atoms with E-state index < -0.39 is 24.0 Å². The van der Waals surface area contributed by atoms with E-state index in [1.165, 1.54) is 0 Å². The van der Waals surface area contributed by atoms with Gasteiger partial charge in [-0.25, -0.2) is 4.79 Å². The minimum Gasteiger partial charge on any atom is -0.452 e. The molecular formula is C23H25N3O3. The maximum Gasteiger partial charge on any atom is 0.339 e. The predicted octanol–water partition coefficient (Wildman–Crippen LogP) is 3.47. The van der Waals surface area contributed by atoms with Crippen LogP contribution in [0.4, 0.5) is 0 Å². The molecule has 2 aliphatic rings. The summed E-state index contributed by atoms with van der Waals surface area (Å²) in [6, 6.07) is 9.75. The average molecular weight is 391 g/mol. The number of hydrogen-bond acceptors (Lipinski definition) is 5. The molecule has 1 aromatic heterocycles. The summed E-state index contributed by atoms with van der Waals surface area (Å²) in [6.45, 7) is 1.33. The SMILES string of the molecule is C[C@@](C#N)(NC(=O)COC(=O)c1c2c(nc3ccccc13)CCCCC2)C1CC1. The number of amides is 1. The Morgan fingerprint density at radius 3 is 2.76 bits per heavy atom. The smallest absolute Gasteiger partial charge is 0.339 e. The van der Waals surface area contributed by atoms with Crippen molar-refractivity contribution in [3.05, 3.63) is 41.1 Å². The third-order valence-electron chi connectivity index (χ3n) is 5.98. The number of fused-ring (bicyclic) bond motifs is 2. The number of ether oxygens (including phenoxy) is 1. The van der Waals surface area contributed by atoms with E-state index in [2.05, 4.69) is 11.4 Å². The molecule has 2 aliphatic carbocycles. The second kappa shape index (κ2) is 7.82. The maximum atomic E-state index is 13.0. The summed E-state index contributed by atoms with van der Waals surface area (Å²) in [7, 11) is 0. The highest BCUT2D eigenvalue weighted by Gasteiger charge is 2.43. The molecule has 6 heteroatoms. The van der Waals surface area contributed by atoms with Crippen LogP contribution >= 0.6 is 0 Å². The number of nitriles is 1. The number of aromatic nitrogens is 1. The first-order valence-electron chi connectivity index (χ1n) is 10.3. The lowest BCUT2D eigenvalue weighted by molar-refractivity contribution is -0.125. The second-order valence-corrected chi connectivity index (χ2v) is 8.20. The molecule has 1 N–H and O–H groups in total. The highest BCUT2D eigenvalue weighted by Crippen LogP contribution is 2.39. The maximum absolute atomic E-state index is 13.0. The number of rotatable bonds is 5. The third-order valence-corrected chi connectivity index (χ3v) is 5.98. The van der Waals surface area contributed by atoms with Crippen LogP contribution in [0.5, 0.6) is 0 Å². The normalized spacial score (nSPS) is 18.1. The van der Waals surface area contributed by atoms with Gasteiger partial charge >= 0.3 is 5.97 Å². The van der Waals surface area contributed by atoms with E-state index in [9.17, 15) is 14.9 Å². The van der Waals surface area contributed by atoms with Gasteiger partial charge in [-0.05, 0) is 63.0 Å². The Morgan fingerprint density at radius 1 is 1.24 bits per heavy atom. The van der Waals surface area contributed by atoms with Crippen molar-refractivity contribution in [3.8, 4) is 6.07 Å². The highest BCUT2D eigenvalue weighted by atomic mass is 16.5. The number of pyridine rings is 1. The van der Waals surface area contributed by atoms with Crippen molar-refractivity contribution < 1.29 is 14.3 Å². The Hall–Kier alpha value is -2.94. The molecule has 1 heterocycles. The van der Waals surface area contributed by atoms with Crippen LogP contribution in [0.1, 0.15) is 60.6 Å². The Labute approximate surface area is 170 Å². The highest BCUT2D eigenvalue weighted by molar-refractivity contribution is 6.05. The number of nitrogens with one attached hydrogen (secondary N) is 1. The lowest BCUT2D eigenvalue weighted by Crippen LogP contribution is -2.48. The number of hydrogen-bond donors (Lipinski definition) is 1. The zero-order valence-electron chi connectivity index (χ0n) is 16.7. The summed E-state index contributed by atoms with van der Waals surface area (Å²) < 4.78 is 5.41. The summed E-state index contributed by atoms with van der Waals surface area (Å²) in [5.41, 5.74) is 2.32. The van der Waals surface area contributed by atoms with Crippen molar-refractivity contribution in [1.82, 2.24) is 10.3 Å². The molecule has 1 fully saturated rings. The van der Waals surface area contributed by atoms with Gasteiger partial charge in [0, 0.05) is 11.1 Å². The number of esters is 1. The van der Waals surface area contributed by atoms with Gasteiger partial charge in [-0.3, -0.25) is 9.78 Å². The van der Waals surface area contributed by atoms with Gasteiger partial charge in [0.25, 0.3) is 5.91 Å². The van der Waals surface area contributed by atoms with Crippen LogP contribution in [0, 0.1) is 17.2 Å². The quantitative estimate of drug-likeness (QED) is 0.622. The molecular weight excluding hydrogens is 366 g/mol. The molecule has 0 aliphatic heterocycles. The fourth-order valence-electron chi connectivity index (χ4n) is 4.19. The van der Waals surface area contributed by atoms with Gasteiger partial charge in [-0.15, -0.1) is 0 Å². The van der Waals surface area contributed by atoms with Crippen LogP contribution in [0.2, 0.25) is 0 Å². The van der Waals surface area contributed by atoms with Crippen molar-refractivity contribution in [2.45, 2.75) is 57.4 Å². The number of aryl methyl sites for hydroxylation is 1. The number of carbonyl (C=O) groups is 2. The van der Waals surface area contributed by atoms with E-state index in [4.69, 9.17) is 9.72 Å². The van der Waals surface area contributed by atoms with Crippen LogP contribution in [-0.2, 0) is 22.4 Å². The largest absolute Gasteiger partial charge is 0.452 e. The number of carbonyl (C=O) groups excluding carboxylic acids is 2. The van der Waals surface area contributed by atoms with Gasteiger partial charge < -0.3 is 10.1 Å². The molecule has 0 saturated heterocycles. The Balaban J connectivity index is 1.56. The molecule has 1 aromatic carbocycles. The lowest BCUT2D eigenvalue weighted by Gasteiger charge is -2.22. The second-order valence-electron chi connectivity index (χ2n) is 8.20. The Morgan fingerprint density at radius 2 is 2.00 bits per heavy atom. The monoisotopic (exact) mass is 391 g/mol. The minimum absolute atomic E-state index is 0.173. The molecule has 0 spiro atoms. The standard InChI is InChI=1S/C23H25N3O3/c1-23(14-24,15-11-12-15)26-20(27)13-29-22(28)21-16-7-3-2-4-9-18(16)25-19-10-6-5-8-17(19)21/h5-6,8,10,15H,2-4,7,9,11-13H2,1H3,(H,26,27)/t23-/m0/s1. The molecule has 29 heavy (non-hydrogen) atoms. The molecule has 1 atom stereocenters. The first-order chi connectivity index (χ1) is 14.0. The van der Waals surface area contributed by atoms with E-state index in [0.717, 1.165) is 67.1 Å². The van der Waals surface area contributed by atoms with Crippen molar-refractivity contribution >= 4 is 22.8 Å². The summed E-state index contributed by atoms with van der Waals surface area (Å²) >= 11 is 0. The molecule has 0 unspecified atom stereocenters. The minimum atomic E-state index is -0.899. The number of para-hydroxylation sites is 1. The van der Waals surface area contributed by atoms with E-state index >= 15 is 0 Å². The van der Waals surface area contributed by atoms with Crippen molar-refractivity contribution in [3.63, 3.8) is 0 Å². The van der Waals surface area contributed by atoms with E-state index in [0.29, 0.717) is 5.56 Å². The molecule has 1 saturated carbocycles. The van der Waals surface area contributed by atoms with E-state index in [-0.39, 0.29) is 5.92 Å². The molecule has 4 rings (SSSR count). The Kier molecular flexibility index (Phi) is 5.23. The van der Waals surface area contributed by atoms with Gasteiger partial charge in [0.2, 0.25) is 0 Å². The molecule has 0 bridgehead atoms. The average Bonchev–Trinajstić information content (AvgIpc) is 3.57. The van der Waals surface area contributed by atoms with E-state index in [1.807, 2.05) is 24.3 Å². The van der Waals surface area contributed by atoms with Gasteiger partial charge in [0.1, 0.15) is 5.54 Å². The van der Waals surface area contributed by atoms with Gasteiger partial charge in [0.15, 0.2) is 6.61 Å². The lowest BCUT2D eigenvalue weighted by atomic mass is 9.97. The molecule has 150 valence electrons. The third kappa shape index (κ3) is 3.95. The molecule has 1 amide bonds. The van der Waals surface area contributed by atoms with Crippen molar-refractivity contribution in [1.29, 1.82) is 5.26 Å². The number of benzene rings is 1. The van der Waals surface area contributed by atoms with Gasteiger partial charge in [0.05, 0.1) is 17.1 Å². The van der Waals surface area contributed by atoms with Crippen LogP contribution in [0.3, 0.4) is 0 Å². The predicted molar refractivity (Wildman–Crippen MR) is 108 cm³/mol. The first-order valence-corrected chi connectivity index (χ1v) is 10.3. The molecule has 2 aromatic rings. The summed E-state index contributed by atoms with van der Waals surface area (Å²) in [5, 5.41) is 12.9. The van der Waals surface area contributed by atoms with Gasteiger partial charge in [-0.1, -0.05) is 24.6 Å². The fourth-order valence-corrected chi connectivity index (χ4v) is 4.19. The summed E-state index contributed by atoms with van der Waals surface area (Å²) in [5.74, 6) is -0.771. The summed E-state index contributed by atoms with van der Waals surface area (Å²) in [4.78, 5) is 30.2. The van der Waals surface area contributed by atoms with Crippen LogP contribution in [0.15, 0.2) is 24.3 Å². The summed E-state index contributed by atoms with van der Waals surface area (Å²) in [6.07, 6.45) is 6.68. The van der Waals surface area contributed by atoms with Crippen LogP contribution in [-0.4, -0.2) is 29.0 Å². The first kappa shape index (κ1) is 19.4. The Bertz CT molecular complexity index is 1010. The van der Waals surface area contributed by atoms with E-state index in [1.54, 1.807) is 6.92 Å².